The molecule has 0 saturated carbocycles. The molecule has 1 amide bonds. The van der Waals surface area contributed by atoms with Crippen molar-refractivity contribution in [2.75, 3.05) is 13.1 Å². The molecule has 1 aromatic carbocycles. The Morgan fingerprint density at radius 3 is 2.10 bits per heavy atom. The minimum absolute atomic E-state index is 0.0413. The Labute approximate surface area is 116 Å². The van der Waals surface area contributed by atoms with Crippen LogP contribution in [-0.2, 0) is 4.79 Å². The smallest absolute Gasteiger partial charge is 0.269 e. The maximum absolute atomic E-state index is 12.0. The van der Waals surface area contributed by atoms with Crippen LogP contribution in [0.3, 0.4) is 0 Å². The Bertz CT molecular complexity index is 500. The number of rotatable bonds is 2. The molecule has 0 bridgehead atoms. The molecule has 2 rings (SSSR count). The largest absolute Gasteiger partial charge is 0.338 e. The number of nitrogens with zero attached hydrogens (tertiary/aromatic N) is 2. The van der Waals surface area contributed by atoms with E-state index in [0.29, 0.717) is 31.5 Å². The van der Waals surface area contributed by atoms with Gasteiger partial charge >= 0.3 is 0 Å². The molecule has 0 N–H and O–H groups in total. The number of carbonyl (C=O) groups is 2. The second-order valence-corrected chi connectivity index (χ2v) is 4.13. The van der Waals surface area contributed by atoms with E-state index in [1.807, 2.05) is 0 Å². The third kappa shape index (κ3) is 3.74. The summed E-state index contributed by atoms with van der Waals surface area (Å²) in [6, 6.07) is 5.50. The van der Waals surface area contributed by atoms with Crippen LogP contribution in [0.5, 0.6) is 0 Å². The Balaban J connectivity index is 0.000000956. The van der Waals surface area contributed by atoms with Gasteiger partial charge in [0.05, 0.1) is 4.92 Å². The highest BCUT2D eigenvalue weighted by molar-refractivity contribution is 5.95. The highest BCUT2D eigenvalue weighted by Gasteiger charge is 2.22. The predicted octanol–water partition coefficient (Wildman–Crippen LogP) is 2.20. The van der Waals surface area contributed by atoms with Crippen LogP contribution in [0.25, 0.3) is 0 Å². The van der Waals surface area contributed by atoms with E-state index in [1.165, 1.54) is 24.3 Å². The summed E-state index contributed by atoms with van der Waals surface area (Å²) in [4.78, 5) is 34.7. The molecule has 0 aliphatic carbocycles. The van der Waals surface area contributed by atoms with Gasteiger partial charge in [0.15, 0.2) is 0 Å². The number of Topliss-reactive ketones (excluding diaryl/α,β-unsaturated/α-hetero) is 1. The monoisotopic (exact) mass is 276 g/mol. The van der Waals surface area contributed by atoms with Gasteiger partial charge in [-0.25, -0.2) is 0 Å². The van der Waals surface area contributed by atoms with Crippen LogP contribution in [0.4, 0.5) is 5.69 Å². The van der Waals surface area contributed by atoms with Crippen LogP contribution in [0.2, 0.25) is 0 Å². The number of hydrogen-bond acceptors (Lipinski definition) is 4. The van der Waals surface area contributed by atoms with Gasteiger partial charge in [0.25, 0.3) is 11.6 Å². The van der Waals surface area contributed by atoms with Crippen LogP contribution in [0, 0.1) is 10.1 Å². The summed E-state index contributed by atoms with van der Waals surface area (Å²) < 4.78 is 0. The Hall–Kier alpha value is -2.50. The van der Waals surface area contributed by atoms with Crippen LogP contribution in [0.15, 0.2) is 37.4 Å². The van der Waals surface area contributed by atoms with Gasteiger partial charge < -0.3 is 4.90 Å². The maximum Gasteiger partial charge on any atom is 0.269 e. The van der Waals surface area contributed by atoms with E-state index in [-0.39, 0.29) is 17.4 Å². The van der Waals surface area contributed by atoms with Crippen LogP contribution in [-0.4, -0.2) is 34.6 Å². The highest BCUT2D eigenvalue weighted by atomic mass is 16.6. The normalized spacial score (nSPS) is 14.2. The van der Waals surface area contributed by atoms with Gasteiger partial charge in [0, 0.05) is 43.6 Å². The Morgan fingerprint density at radius 1 is 1.15 bits per heavy atom. The average molecular weight is 276 g/mol. The molecule has 0 radical (unpaired) electrons. The lowest BCUT2D eigenvalue weighted by molar-refractivity contribution is -0.384. The molecule has 1 fully saturated rings. The molecule has 0 spiro atoms. The van der Waals surface area contributed by atoms with Crippen molar-refractivity contribution >= 4 is 17.4 Å². The molecule has 1 aliphatic heterocycles. The second kappa shape index (κ2) is 7.18. The summed E-state index contributed by atoms with van der Waals surface area (Å²) >= 11 is 0. The first kappa shape index (κ1) is 15.6. The zero-order chi connectivity index (χ0) is 15.1. The third-order valence-corrected chi connectivity index (χ3v) is 2.93. The predicted molar refractivity (Wildman–Crippen MR) is 74.5 cm³/mol. The van der Waals surface area contributed by atoms with Crippen molar-refractivity contribution in [3.8, 4) is 0 Å². The SMILES string of the molecule is C=C.O=C1CCN(C(=O)c2ccc([N+](=O)[O-])cc2)CC1. The van der Waals surface area contributed by atoms with Gasteiger partial charge in [0.2, 0.25) is 0 Å². The third-order valence-electron chi connectivity index (χ3n) is 2.93. The number of benzene rings is 1. The summed E-state index contributed by atoms with van der Waals surface area (Å²) in [5.74, 6) is -0.0138. The highest BCUT2D eigenvalue weighted by Crippen LogP contribution is 2.15. The molecule has 6 nitrogen and oxygen atoms in total. The number of ketones is 1. The minimum atomic E-state index is -0.506. The number of nitro groups is 1. The Morgan fingerprint density at radius 2 is 1.65 bits per heavy atom. The lowest BCUT2D eigenvalue weighted by Crippen LogP contribution is -2.38. The molecule has 0 aromatic heterocycles. The molecule has 0 atom stereocenters. The fourth-order valence-corrected chi connectivity index (χ4v) is 1.87. The summed E-state index contributed by atoms with van der Waals surface area (Å²) in [6.07, 6.45) is 0.775. The number of hydrogen-bond donors (Lipinski definition) is 0. The van der Waals surface area contributed by atoms with Crippen molar-refractivity contribution in [3.63, 3.8) is 0 Å². The van der Waals surface area contributed by atoms with Crippen molar-refractivity contribution in [1.29, 1.82) is 0 Å². The lowest BCUT2D eigenvalue weighted by Gasteiger charge is -2.26. The molecule has 1 saturated heterocycles. The zero-order valence-corrected chi connectivity index (χ0v) is 11.1. The number of nitro benzene ring substituents is 1. The molecular weight excluding hydrogens is 260 g/mol. The van der Waals surface area contributed by atoms with Gasteiger partial charge in [-0.3, -0.25) is 19.7 Å². The summed E-state index contributed by atoms with van der Waals surface area (Å²) in [5.41, 5.74) is 0.371. The number of amides is 1. The molecule has 1 heterocycles. The summed E-state index contributed by atoms with van der Waals surface area (Å²) in [6.45, 7) is 6.85. The first-order chi connectivity index (χ1) is 9.58. The number of likely N-dealkylation sites (tertiary alicyclic amines) is 1. The quantitative estimate of drug-likeness (QED) is 0.471. The van der Waals surface area contributed by atoms with Crippen LogP contribution < -0.4 is 0 Å². The topological polar surface area (TPSA) is 80.5 Å². The van der Waals surface area contributed by atoms with E-state index >= 15 is 0 Å². The van der Waals surface area contributed by atoms with E-state index in [9.17, 15) is 19.7 Å². The van der Waals surface area contributed by atoms with Gasteiger partial charge in [-0.2, -0.15) is 0 Å². The first-order valence-corrected chi connectivity index (χ1v) is 6.13. The van der Waals surface area contributed by atoms with Crippen LogP contribution >= 0.6 is 0 Å². The summed E-state index contributed by atoms with van der Waals surface area (Å²) in [5, 5.41) is 10.5. The van der Waals surface area contributed by atoms with Crippen molar-refractivity contribution < 1.29 is 14.5 Å². The molecular formula is C14H16N2O4. The van der Waals surface area contributed by atoms with Gasteiger partial charge in [0.1, 0.15) is 5.78 Å². The van der Waals surface area contributed by atoms with E-state index in [4.69, 9.17) is 0 Å². The first-order valence-electron chi connectivity index (χ1n) is 6.13. The maximum atomic E-state index is 12.0. The fourth-order valence-electron chi connectivity index (χ4n) is 1.87. The number of piperidine rings is 1. The van der Waals surface area contributed by atoms with Crippen molar-refractivity contribution in [2.24, 2.45) is 0 Å². The molecule has 106 valence electrons. The summed E-state index contributed by atoms with van der Waals surface area (Å²) in [7, 11) is 0. The lowest BCUT2D eigenvalue weighted by atomic mass is 10.1. The Kier molecular flexibility index (Phi) is 5.58. The van der Waals surface area contributed by atoms with Gasteiger partial charge in [-0.15, -0.1) is 13.2 Å². The van der Waals surface area contributed by atoms with Crippen molar-refractivity contribution in [2.45, 2.75) is 12.8 Å². The van der Waals surface area contributed by atoms with Gasteiger partial charge in [-0.1, -0.05) is 0 Å². The van der Waals surface area contributed by atoms with E-state index < -0.39 is 4.92 Å². The zero-order valence-electron chi connectivity index (χ0n) is 11.1. The van der Waals surface area contributed by atoms with E-state index in [1.54, 1.807) is 4.90 Å². The van der Waals surface area contributed by atoms with E-state index in [0.717, 1.165) is 0 Å². The molecule has 1 aromatic rings. The number of carbonyl (C=O) groups excluding carboxylic acids is 2. The molecule has 6 heteroatoms. The molecule has 1 aliphatic rings. The van der Waals surface area contributed by atoms with Gasteiger partial charge in [-0.05, 0) is 12.1 Å². The van der Waals surface area contributed by atoms with E-state index in [2.05, 4.69) is 13.2 Å². The van der Waals surface area contributed by atoms with Crippen LogP contribution in [0.1, 0.15) is 23.2 Å². The fraction of sp³-hybridized carbons (Fsp3) is 0.286. The molecule has 0 unspecified atom stereocenters. The van der Waals surface area contributed by atoms with Crippen molar-refractivity contribution in [1.82, 2.24) is 4.90 Å². The number of non-ortho nitro benzene ring substituents is 1. The average Bonchev–Trinajstić information content (AvgIpc) is 2.49. The molecule has 20 heavy (non-hydrogen) atoms. The minimum Gasteiger partial charge on any atom is -0.338 e. The van der Waals surface area contributed by atoms with Crippen molar-refractivity contribution in [3.05, 3.63) is 53.1 Å². The standard InChI is InChI=1S/C12H12N2O4.C2H4/c15-11-5-7-13(8-6-11)12(16)9-1-3-10(4-2-9)14(17)18;1-2/h1-4H,5-8H2;1-2H2. The second-order valence-electron chi connectivity index (χ2n) is 4.13.